The van der Waals surface area contributed by atoms with Gasteiger partial charge in [-0.1, -0.05) is 17.7 Å². The summed E-state index contributed by atoms with van der Waals surface area (Å²) < 4.78 is 13.2. The van der Waals surface area contributed by atoms with Crippen molar-refractivity contribution >= 4 is 39.7 Å². The minimum Gasteiger partial charge on any atom is -0.493 e. The number of carbonyl (C=O) groups is 1. The summed E-state index contributed by atoms with van der Waals surface area (Å²) in [5, 5.41) is 7.08. The Morgan fingerprint density at radius 1 is 1.30 bits per heavy atom. The van der Waals surface area contributed by atoms with Gasteiger partial charge < -0.3 is 20.5 Å². The SMILES string of the molecule is COc1cc(C=Nn2cc(C)nc2N)cc(Br)c1OCC(=O)Nc1ccc(C)cc1. The average molecular weight is 472 g/mol. The fourth-order valence-corrected chi connectivity index (χ4v) is 3.23. The second-order valence-electron chi connectivity index (χ2n) is 6.57. The lowest BCUT2D eigenvalue weighted by Gasteiger charge is -2.13. The van der Waals surface area contributed by atoms with Gasteiger partial charge in [-0.05, 0) is 59.6 Å². The summed E-state index contributed by atoms with van der Waals surface area (Å²) in [6.45, 7) is 3.66. The van der Waals surface area contributed by atoms with E-state index in [1.54, 1.807) is 24.5 Å². The van der Waals surface area contributed by atoms with Crippen LogP contribution in [0.2, 0.25) is 0 Å². The Hall–Kier alpha value is -3.33. The van der Waals surface area contributed by atoms with Crippen LogP contribution in [0.15, 0.2) is 52.2 Å². The standard InChI is InChI=1S/C21H22BrN5O3/c1-13-4-6-16(7-5-13)26-19(28)12-30-20-17(22)8-15(9-18(20)29-3)10-24-27-11-14(2)25-21(27)23/h4-11H,12H2,1-3H3,(H2,23,25)(H,26,28). The number of aryl methyl sites for hydroxylation is 2. The van der Waals surface area contributed by atoms with E-state index >= 15 is 0 Å². The maximum Gasteiger partial charge on any atom is 0.262 e. The highest BCUT2D eigenvalue weighted by molar-refractivity contribution is 9.10. The molecule has 8 nitrogen and oxygen atoms in total. The van der Waals surface area contributed by atoms with Gasteiger partial charge in [0.25, 0.3) is 5.91 Å². The first-order chi connectivity index (χ1) is 14.4. The molecule has 30 heavy (non-hydrogen) atoms. The van der Waals surface area contributed by atoms with Crippen molar-refractivity contribution in [2.75, 3.05) is 24.8 Å². The van der Waals surface area contributed by atoms with Crippen molar-refractivity contribution < 1.29 is 14.3 Å². The fourth-order valence-electron chi connectivity index (χ4n) is 2.65. The molecular formula is C21H22BrN5O3. The van der Waals surface area contributed by atoms with Gasteiger partial charge in [-0.2, -0.15) is 5.10 Å². The molecule has 0 atom stereocenters. The van der Waals surface area contributed by atoms with Crippen LogP contribution < -0.4 is 20.5 Å². The molecule has 1 aromatic heterocycles. The highest BCUT2D eigenvalue weighted by atomic mass is 79.9. The molecule has 0 saturated carbocycles. The number of nitrogens with zero attached hydrogens (tertiary/aromatic N) is 3. The normalized spacial score (nSPS) is 10.9. The van der Waals surface area contributed by atoms with Crippen molar-refractivity contribution in [3.63, 3.8) is 0 Å². The number of imidazole rings is 1. The van der Waals surface area contributed by atoms with Gasteiger partial charge in [0.1, 0.15) is 0 Å². The number of carbonyl (C=O) groups excluding carboxylic acids is 1. The number of ether oxygens (including phenoxy) is 2. The molecule has 2 aromatic carbocycles. The predicted octanol–water partition coefficient (Wildman–Crippen LogP) is 3.75. The van der Waals surface area contributed by atoms with E-state index < -0.39 is 0 Å². The number of hydrogen-bond donors (Lipinski definition) is 2. The largest absolute Gasteiger partial charge is 0.493 e. The molecule has 0 unspecified atom stereocenters. The van der Waals surface area contributed by atoms with E-state index in [2.05, 4.69) is 31.3 Å². The molecule has 0 aliphatic heterocycles. The number of halogens is 1. The van der Waals surface area contributed by atoms with E-state index in [0.717, 1.165) is 16.8 Å². The van der Waals surface area contributed by atoms with Crippen LogP contribution in [0.25, 0.3) is 0 Å². The Balaban J connectivity index is 1.70. The van der Waals surface area contributed by atoms with Crippen LogP contribution in [0.1, 0.15) is 16.8 Å². The maximum absolute atomic E-state index is 12.2. The molecule has 0 fully saturated rings. The summed E-state index contributed by atoms with van der Waals surface area (Å²) in [6.07, 6.45) is 3.35. The lowest BCUT2D eigenvalue weighted by Crippen LogP contribution is -2.20. The number of methoxy groups -OCH3 is 1. The first-order valence-electron chi connectivity index (χ1n) is 9.08. The van der Waals surface area contributed by atoms with Crippen LogP contribution in [0.5, 0.6) is 11.5 Å². The number of benzene rings is 2. The van der Waals surface area contributed by atoms with Gasteiger partial charge in [-0.25, -0.2) is 9.66 Å². The molecule has 3 rings (SSSR count). The molecule has 9 heteroatoms. The molecule has 1 heterocycles. The Morgan fingerprint density at radius 2 is 2.03 bits per heavy atom. The molecule has 0 saturated heterocycles. The molecule has 156 valence electrons. The minimum absolute atomic E-state index is 0.166. The van der Waals surface area contributed by atoms with E-state index in [-0.39, 0.29) is 12.5 Å². The smallest absolute Gasteiger partial charge is 0.262 e. The second kappa shape index (κ2) is 9.45. The molecular weight excluding hydrogens is 450 g/mol. The number of nitrogens with two attached hydrogens (primary N) is 1. The van der Waals surface area contributed by atoms with Crippen molar-refractivity contribution in [1.29, 1.82) is 0 Å². The zero-order valence-corrected chi connectivity index (χ0v) is 18.4. The predicted molar refractivity (Wildman–Crippen MR) is 120 cm³/mol. The first kappa shape index (κ1) is 21.4. The summed E-state index contributed by atoms with van der Waals surface area (Å²) in [7, 11) is 1.53. The number of anilines is 2. The van der Waals surface area contributed by atoms with Crippen molar-refractivity contribution in [3.05, 3.63) is 63.9 Å². The zero-order valence-electron chi connectivity index (χ0n) is 16.8. The van der Waals surface area contributed by atoms with E-state index in [1.807, 2.05) is 38.1 Å². The number of amides is 1. The molecule has 0 aliphatic rings. The van der Waals surface area contributed by atoms with Gasteiger partial charge in [0, 0.05) is 5.69 Å². The molecule has 0 aliphatic carbocycles. The Bertz CT molecular complexity index is 1080. The van der Waals surface area contributed by atoms with Gasteiger partial charge in [-0.3, -0.25) is 4.79 Å². The molecule has 0 bridgehead atoms. The van der Waals surface area contributed by atoms with Crippen molar-refractivity contribution in [1.82, 2.24) is 9.66 Å². The maximum atomic E-state index is 12.2. The fraction of sp³-hybridized carbons (Fsp3) is 0.190. The number of hydrogen-bond acceptors (Lipinski definition) is 6. The Labute approximate surface area is 182 Å². The summed E-state index contributed by atoms with van der Waals surface area (Å²) >= 11 is 3.47. The van der Waals surface area contributed by atoms with Crippen molar-refractivity contribution in [2.24, 2.45) is 5.10 Å². The number of aromatic nitrogens is 2. The lowest BCUT2D eigenvalue weighted by molar-refractivity contribution is -0.118. The summed E-state index contributed by atoms with van der Waals surface area (Å²) in [5.41, 5.74) is 9.14. The highest BCUT2D eigenvalue weighted by Crippen LogP contribution is 2.36. The monoisotopic (exact) mass is 471 g/mol. The van der Waals surface area contributed by atoms with Crippen LogP contribution in [0.3, 0.4) is 0 Å². The van der Waals surface area contributed by atoms with Crippen LogP contribution >= 0.6 is 15.9 Å². The molecule has 1 amide bonds. The zero-order chi connectivity index (χ0) is 21.7. The van der Waals surface area contributed by atoms with Gasteiger partial charge in [-0.15, -0.1) is 0 Å². The third-order valence-electron chi connectivity index (χ3n) is 4.10. The van der Waals surface area contributed by atoms with Crippen LogP contribution in [-0.2, 0) is 4.79 Å². The van der Waals surface area contributed by atoms with Crippen LogP contribution in [-0.4, -0.2) is 35.5 Å². The van der Waals surface area contributed by atoms with Gasteiger partial charge in [0.15, 0.2) is 18.1 Å². The molecule has 3 aromatic rings. The molecule has 0 radical (unpaired) electrons. The first-order valence-corrected chi connectivity index (χ1v) is 9.87. The quantitative estimate of drug-likeness (QED) is 0.510. The third kappa shape index (κ3) is 5.38. The van der Waals surface area contributed by atoms with E-state index in [0.29, 0.717) is 27.6 Å². The van der Waals surface area contributed by atoms with Crippen molar-refractivity contribution in [3.8, 4) is 11.5 Å². The van der Waals surface area contributed by atoms with Crippen molar-refractivity contribution in [2.45, 2.75) is 13.8 Å². The van der Waals surface area contributed by atoms with Crippen LogP contribution in [0, 0.1) is 13.8 Å². The summed E-state index contributed by atoms with van der Waals surface area (Å²) in [6, 6.07) is 11.1. The highest BCUT2D eigenvalue weighted by Gasteiger charge is 2.13. The van der Waals surface area contributed by atoms with Gasteiger partial charge >= 0.3 is 0 Å². The third-order valence-corrected chi connectivity index (χ3v) is 4.69. The molecule has 3 N–H and O–H groups in total. The minimum atomic E-state index is -0.274. The topological polar surface area (TPSA) is 104 Å². The van der Waals surface area contributed by atoms with E-state index in [1.165, 1.54) is 11.8 Å². The Kier molecular flexibility index (Phi) is 6.73. The summed E-state index contributed by atoms with van der Waals surface area (Å²) in [5.74, 6) is 0.911. The van der Waals surface area contributed by atoms with Gasteiger partial charge in [0.2, 0.25) is 5.95 Å². The number of nitrogen functional groups attached to an aromatic ring is 1. The number of rotatable bonds is 7. The summed E-state index contributed by atoms with van der Waals surface area (Å²) in [4.78, 5) is 16.3. The lowest BCUT2D eigenvalue weighted by atomic mass is 10.2. The Morgan fingerprint density at radius 3 is 2.67 bits per heavy atom. The van der Waals surface area contributed by atoms with E-state index in [4.69, 9.17) is 15.2 Å². The van der Waals surface area contributed by atoms with Gasteiger partial charge in [0.05, 0.1) is 29.7 Å². The van der Waals surface area contributed by atoms with E-state index in [9.17, 15) is 4.79 Å². The van der Waals surface area contributed by atoms with Crippen LogP contribution in [0.4, 0.5) is 11.6 Å². The second-order valence-corrected chi connectivity index (χ2v) is 7.42. The average Bonchev–Trinajstić information content (AvgIpc) is 3.03. The number of nitrogens with one attached hydrogen (secondary N) is 1. The molecule has 0 spiro atoms.